The highest BCUT2D eigenvalue weighted by atomic mass is 16.5. The number of aliphatic hydroxyl groups is 1. The van der Waals surface area contributed by atoms with Gasteiger partial charge in [-0.25, -0.2) is 0 Å². The van der Waals surface area contributed by atoms with Crippen molar-refractivity contribution >= 4 is 5.97 Å². The molecule has 122 valence electrons. The Morgan fingerprint density at radius 3 is 2.91 bits per heavy atom. The van der Waals surface area contributed by atoms with Crippen LogP contribution in [0.2, 0.25) is 0 Å². The lowest BCUT2D eigenvalue weighted by Gasteiger charge is -2.46. The van der Waals surface area contributed by atoms with Crippen LogP contribution in [0.4, 0.5) is 0 Å². The molecule has 0 saturated heterocycles. The number of esters is 1. The van der Waals surface area contributed by atoms with E-state index in [2.05, 4.69) is 19.1 Å². The maximum atomic E-state index is 11.1. The number of carbonyl (C=O) groups excluding carboxylic acids is 1. The predicted octanol–water partition coefficient (Wildman–Crippen LogP) is 3.75. The average Bonchev–Trinajstić information content (AvgIpc) is 2.82. The fraction of sp³-hybridized carbons (Fsp3) is 0.550. The van der Waals surface area contributed by atoms with Crippen LogP contribution in [0, 0.1) is 11.3 Å². The molecule has 4 rings (SSSR count). The van der Waals surface area contributed by atoms with Gasteiger partial charge in [0.2, 0.25) is 0 Å². The molecule has 4 atom stereocenters. The van der Waals surface area contributed by atoms with E-state index >= 15 is 0 Å². The summed E-state index contributed by atoms with van der Waals surface area (Å²) in [7, 11) is 0. The van der Waals surface area contributed by atoms with Gasteiger partial charge < -0.3 is 9.84 Å². The van der Waals surface area contributed by atoms with Gasteiger partial charge in [-0.15, -0.1) is 0 Å². The van der Waals surface area contributed by atoms with E-state index in [1.807, 2.05) is 12.1 Å². The van der Waals surface area contributed by atoms with Gasteiger partial charge in [0.15, 0.2) is 0 Å². The molecule has 0 radical (unpaired) electrons. The van der Waals surface area contributed by atoms with Gasteiger partial charge in [-0.2, -0.15) is 0 Å². The largest absolute Gasteiger partial charge is 0.427 e. The molecule has 1 aromatic carbocycles. The van der Waals surface area contributed by atoms with Crippen LogP contribution in [0.25, 0.3) is 0 Å². The molecular weight excluding hydrogens is 288 g/mol. The summed E-state index contributed by atoms with van der Waals surface area (Å²) in [5.74, 6) is 1.38. The topological polar surface area (TPSA) is 46.5 Å². The molecule has 1 N–H and O–H groups in total. The lowest BCUT2D eigenvalue weighted by Crippen LogP contribution is -2.39. The van der Waals surface area contributed by atoms with Crippen molar-refractivity contribution in [2.75, 3.05) is 0 Å². The smallest absolute Gasteiger partial charge is 0.308 e. The highest BCUT2D eigenvalue weighted by molar-refractivity contribution is 5.69. The van der Waals surface area contributed by atoms with E-state index in [9.17, 15) is 9.90 Å². The van der Waals surface area contributed by atoms with E-state index in [4.69, 9.17) is 4.74 Å². The average molecular weight is 312 g/mol. The first kappa shape index (κ1) is 14.9. The van der Waals surface area contributed by atoms with Crippen LogP contribution in [-0.2, 0) is 11.2 Å². The van der Waals surface area contributed by atoms with E-state index in [1.54, 1.807) is 5.57 Å². The fourth-order valence-corrected chi connectivity index (χ4v) is 5.15. The maximum Gasteiger partial charge on any atom is 0.308 e. The zero-order valence-corrected chi connectivity index (χ0v) is 13.8. The molecule has 2 fully saturated rings. The summed E-state index contributed by atoms with van der Waals surface area (Å²) in [4.78, 5) is 11.1. The van der Waals surface area contributed by atoms with E-state index < -0.39 is 0 Å². The monoisotopic (exact) mass is 312 g/mol. The Hall–Kier alpha value is -1.61. The predicted molar refractivity (Wildman–Crippen MR) is 88.4 cm³/mol. The molecule has 0 unspecified atom stereocenters. The van der Waals surface area contributed by atoms with E-state index in [0.29, 0.717) is 17.6 Å². The zero-order valence-electron chi connectivity index (χ0n) is 13.8. The molecule has 0 heterocycles. The molecule has 3 nitrogen and oxygen atoms in total. The van der Waals surface area contributed by atoms with Crippen LogP contribution in [0.3, 0.4) is 0 Å². The molecule has 0 spiro atoms. The third-order valence-corrected chi connectivity index (χ3v) is 6.37. The standard InChI is InChI=1S/C20H24O3/c1-12(21)23-14-4-6-15-13(11-14)3-5-17-16(15)9-10-20(2)18(17)7-8-19(20)22/h4-6,11,16,18-19,22H,3,7-10H2,1-2H3/t16-,18+,19+,20+/m1/s1. The van der Waals surface area contributed by atoms with Gasteiger partial charge in [-0.1, -0.05) is 24.6 Å². The van der Waals surface area contributed by atoms with Crippen molar-refractivity contribution in [1.29, 1.82) is 0 Å². The van der Waals surface area contributed by atoms with Gasteiger partial charge in [0, 0.05) is 18.3 Å². The van der Waals surface area contributed by atoms with Crippen LogP contribution in [0.1, 0.15) is 56.6 Å². The van der Waals surface area contributed by atoms with Crippen molar-refractivity contribution in [2.24, 2.45) is 11.3 Å². The SMILES string of the molecule is CC(=O)Oc1ccc2c(c1)CC=C1[C@@H]2CC[C@]2(C)[C@@H](O)CC[C@@H]12. The molecular formula is C20H24O3. The molecule has 0 bridgehead atoms. The summed E-state index contributed by atoms with van der Waals surface area (Å²) >= 11 is 0. The first-order valence-corrected chi connectivity index (χ1v) is 8.68. The van der Waals surface area contributed by atoms with Crippen LogP contribution >= 0.6 is 0 Å². The number of hydrogen-bond donors (Lipinski definition) is 1. The molecule has 2 saturated carbocycles. The van der Waals surface area contributed by atoms with E-state index in [-0.39, 0.29) is 17.5 Å². The second-order valence-corrected chi connectivity index (χ2v) is 7.61. The summed E-state index contributed by atoms with van der Waals surface area (Å²) < 4.78 is 5.22. The Bertz CT molecular complexity index is 690. The Morgan fingerprint density at radius 2 is 2.13 bits per heavy atom. The number of benzene rings is 1. The van der Waals surface area contributed by atoms with Gasteiger partial charge in [-0.3, -0.25) is 4.79 Å². The Labute approximate surface area is 137 Å². The van der Waals surface area contributed by atoms with Crippen molar-refractivity contribution in [3.8, 4) is 5.75 Å². The molecule has 3 aliphatic rings. The highest BCUT2D eigenvalue weighted by Gasteiger charge is 2.51. The van der Waals surface area contributed by atoms with Crippen molar-refractivity contribution in [1.82, 2.24) is 0 Å². The Kier molecular flexibility index (Phi) is 3.38. The summed E-state index contributed by atoms with van der Waals surface area (Å²) in [6.07, 6.45) is 7.37. The lowest BCUT2D eigenvalue weighted by atomic mass is 9.59. The van der Waals surface area contributed by atoms with Crippen LogP contribution < -0.4 is 4.74 Å². The molecule has 0 aromatic heterocycles. The minimum Gasteiger partial charge on any atom is -0.427 e. The first-order chi connectivity index (χ1) is 11.0. The molecule has 3 heteroatoms. The van der Waals surface area contributed by atoms with Gasteiger partial charge in [0.25, 0.3) is 0 Å². The maximum absolute atomic E-state index is 11.1. The normalized spacial score (nSPS) is 34.9. The Morgan fingerprint density at radius 1 is 1.30 bits per heavy atom. The zero-order chi connectivity index (χ0) is 16.2. The minimum atomic E-state index is -0.273. The van der Waals surface area contributed by atoms with Gasteiger partial charge in [0.1, 0.15) is 5.75 Å². The number of allylic oxidation sites excluding steroid dienone is 2. The summed E-state index contributed by atoms with van der Waals surface area (Å²) in [5, 5.41) is 10.4. The molecule has 0 aliphatic heterocycles. The molecule has 3 aliphatic carbocycles. The van der Waals surface area contributed by atoms with Crippen LogP contribution in [0.15, 0.2) is 29.8 Å². The van der Waals surface area contributed by atoms with E-state index in [1.165, 1.54) is 18.1 Å². The van der Waals surface area contributed by atoms with Crippen LogP contribution in [-0.4, -0.2) is 17.2 Å². The summed E-state index contributed by atoms with van der Waals surface area (Å²) in [6, 6.07) is 6.07. The van der Waals surface area contributed by atoms with Crippen molar-refractivity contribution in [3.05, 3.63) is 41.0 Å². The quantitative estimate of drug-likeness (QED) is 0.488. The molecule has 0 amide bonds. The van der Waals surface area contributed by atoms with Gasteiger partial charge in [-0.05, 0) is 61.3 Å². The molecule has 1 aromatic rings. The number of hydrogen-bond acceptors (Lipinski definition) is 3. The number of rotatable bonds is 1. The first-order valence-electron chi connectivity index (χ1n) is 8.68. The second-order valence-electron chi connectivity index (χ2n) is 7.61. The lowest BCUT2D eigenvalue weighted by molar-refractivity contribution is -0.131. The third-order valence-electron chi connectivity index (χ3n) is 6.37. The Balaban J connectivity index is 1.67. The number of aliphatic hydroxyl groups excluding tert-OH is 1. The van der Waals surface area contributed by atoms with Crippen LogP contribution in [0.5, 0.6) is 5.75 Å². The van der Waals surface area contributed by atoms with E-state index in [0.717, 1.165) is 32.1 Å². The number of carbonyl (C=O) groups is 1. The third kappa shape index (κ3) is 2.25. The summed E-state index contributed by atoms with van der Waals surface area (Å²) in [5.41, 5.74) is 4.28. The van der Waals surface area contributed by atoms with Gasteiger partial charge >= 0.3 is 5.97 Å². The fourth-order valence-electron chi connectivity index (χ4n) is 5.15. The minimum absolute atomic E-state index is 0.0670. The van der Waals surface area contributed by atoms with Crippen molar-refractivity contribution in [3.63, 3.8) is 0 Å². The number of ether oxygens (including phenoxy) is 1. The van der Waals surface area contributed by atoms with Gasteiger partial charge in [0.05, 0.1) is 6.10 Å². The summed E-state index contributed by atoms with van der Waals surface area (Å²) in [6.45, 7) is 3.70. The molecule has 23 heavy (non-hydrogen) atoms. The van der Waals surface area contributed by atoms with Crippen molar-refractivity contribution in [2.45, 2.75) is 58.0 Å². The number of fused-ring (bicyclic) bond motifs is 5. The highest BCUT2D eigenvalue weighted by Crippen LogP contribution is 2.59. The van der Waals surface area contributed by atoms with Crippen molar-refractivity contribution < 1.29 is 14.6 Å². The second kappa shape index (κ2) is 5.20.